The van der Waals surface area contributed by atoms with E-state index in [4.69, 9.17) is 40.3 Å². The van der Waals surface area contributed by atoms with Crippen LogP contribution in [0.1, 0.15) is 126 Å². The number of hydrogen-bond acceptors (Lipinski definition) is 14. The second-order valence-electron chi connectivity index (χ2n) is 22.3. The molecule has 15 atom stereocenters. The van der Waals surface area contributed by atoms with Crippen molar-refractivity contribution in [2.45, 2.75) is 180 Å². The molecule has 4 aliphatic rings. The average Bonchev–Trinajstić information content (AvgIpc) is 3.71. The quantitative estimate of drug-likeness (QED) is 0.152. The molecule has 1 saturated carbocycles. The Kier molecular flexibility index (Phi) is 22.2. The van der Waals surface area contributed by atoms with Crippen molar-refractivity contribution in [3.8, 4) is 0 Å². The lowest BCUT2D eigenvalue weighted by Gasteiger charge is -2.42. The number of aryl methyl sites for hydroxylation is 1. The van der Waals surface area contributed by atoms with Crippen LogP contribution in [-0.2, 0) is 54.7 Å². The number of hydrogen-bond donors (Lipinski definition) is 2. The van der Waals surface area contributed by atoms with Crippen molar-refractivity contribution in [2.24, 2.45) is 47.5 Å². The van der Waals surface area contributed by atoms with E-state index in [0.717, 1.165) is 33.4 Å². The van der Waals surface area contributed by atoms with Gasteiger partial charge in [-0.05, 0) is 125 Å². The van der Waals surface area contributed by atoms with Crippen LogP contribution in [0.3, 0.4) is 0 Å². The molecule has 0 radical (unpaired) electrons. The zero-order chi connectivity index (χ0) is 55.6. The number of thiazole rings is 1. The number of Topliss-reactive ketones (excluding diaryl/α,β-unsaturated/α-hetero) is 3. The van der Waals surface area contributed by atoms with E-state index < -0.39 is 77.8 Å². The molecule has 2 aromatic rings. The van der Waals surface area contributed by atoms with E-state index in [0.29, 0.717) is 62.0 Å². The van der Waals surface area contributed by atoms with E-state index >= 15 is 0 Å². The minimum atomic E-state index is -2.44. The van der Waals surface area contributed by atoms with Crippen molar-refractivity contribution >= 4 is 62.4 Å². The Bertz CT molecular complexity index is 2570. The van der Waals surface area contributed by atoms with Gasteiger partial charge in [0, 0.05) is 70.5 Å². The van der Waals surface area contributed by atoms with Gasteiger partial charge in [0.25, 0.3) is 11.7 Å². The van der Waals surface area contributed by atoms with Gasteiger partial charge in [-0.15, -0.1) is 0 Å². The van der Waals surface area contributed by atoms with Crippen molar-refractivity contribution in [1.82, 2.24) is 9.47 Å². The number of methoxy groups -OCH3 is 3. The SMILES string of the molecule is CO[C@H]1C[C@@H]2CC[C@@H](C)[C@@](O)(O2)C(=O)C(=O)N2CCCC[C@H]2C(=O)O[C@H]([C@H](C)C[C@@H]2CC[C@@H](N=c3sc4ccc(Cl)cc4n3C)[C@H](OC)C2)CC(=O)[C@H](C)/C=C(\C)[C@@H](O)[C@@H](OC)C(=O)[C@H](C)C[C@H](C)/C=C/C=C/C=C/1C. The number of aliphatic hydroxyl groups excluding tert-OH is 1. The minimum absolute atomic E-state index is 0.0127. The third-order valence-corrected chi connectivity index (χ3v) is 17.9. The van der Waals surface area contributed by atoms with E-state index in [-0.39, 0.29) is 60.9 Å². The Balaban J connectivity index is 1.29. The maximum Gasteiger partial charge on any atom is 0.329 e. The second kappa shape index (κ2) is 27.6. The third-order valence-electron chi connectivity index (χ3n) is 16.5. The molecule has 76 heavy (non-hydrogen) atoms. The standard InChI is InChI=1S/C59H84ClN3O12S/c1-34-17-13-12-14-18-35(2)48(71-9)32-43-23-20-40(7)59(70,75-43)55(67)56(68)63-26-16-15-19-45(63)57(69)74-49(33-47(64)36(3)28-39(6)53(66)54(73-11)52(65)38(5)27-34)37(4)29-41-21-24-44(50(30-41)72-10)61-58-62(8)46-31-42(60)22-25-51(46)76-58/h12-14,17-18,22,25,28,31,34,36-38,40-41,43-45,48-50,53-54,66,70H,15-16,19-21,23-24,26-27,29-30,32-33H2,1-11H3/b14-12+,17-13+,35-18+,39-28+,61-58?/t34-,36-,37-,38-,40-,41+,43+,44-,45+,48+,49+,50-,53-,54+,59-/m1/s1. The van der Waals surface area contributed by atoms with Crippen LogP contribution in [0.25, 0.3) is 10.2 Å². The first-order valence-electron chi connectivity index (χ1n) is 27.4. The van der Waals surface area contributed by atoms with E-state index in [1.807, 2.05) is 83.3 Å². The third kappa shape index (κ3) is 15.0. The Morgan fingerprint density at radius 3 is 2.37 bits per heavy atom. The predicted octanol–water partition coefficient (Wildman–Crippen LogP) is 9.00. The molecule has 3 fully saturated rings. The van der Waals surface area contributed by atoms with Gasteiger partial charge in [0.05, 0.1) is 34.6 Å². The summed E-state index contributed by atoms with van der Waals surface area (Å²) in [6, 6.07) is 4.56. The summed E-state index contributed by atoms with van der Waals surface area (Å²) in [4.78, 5) is 79.0. The fourth-order valence-corrected chi connectivity index (χ4v) is 12.9. The Morgan fingerprint density at radius 1 is 0.908 bits per heavy atom. The first kappa shape index (κ1) is 61.1. The monoisotopic (exact) mass is 1090 g/mol. The number of carbonyl (C=O) groups is 5. The number of benzene rings is 1. The van der Waals surface area contributed by atoms with E-state index in [1.54, 1.807) is 52.4 Å². The summed E-state index contributed by atoms with van der Waals surface area (Å²) in [6.45, 7) is 12.9. The first-order valence-corrected chi connectivity index (χ1v) is 28.6. The topological polar surface area (TPSA) is 192 Å². The summed E-state index contributed by atoms with van der Waals surface area (Å²) in [5.74, 6) is -7.96. The highest BCUT2D eigenvalue weighted by molar-refractivity contribution is 7.16. The van der Waals surface area contributed by atoms with Crippen molar-refractivity contribution in [2.75, 3.05) is 27.9 Å². The summed E-state index contributed by atoms with van der Waals surface area (Å²) in [5, 5.41) is 24.3. The first-order chi connectivity index (χ1) is 36.1. The highest BCUT2D eigenvalue weighted by Gasteiger charge is 2.53. The number of rotatable bonds is 7. The normalized spacial score (nSPS) is 36.7. The maximum absolute atomic E-state index is 14.7. The van der Waals surface area contributed by atoms with E-state index in [9.17, 15) is 34.2 Å². The predicted molar refractivity (Wildman–Crippen MR) is 294 cm³/mol. The molecule has 0 spiro atoms. The van der Waals surface area contributed by atoms with Crippen LogP contribution in [0.2, 0.25) is 5.02 Å². The molecule has 2 N–H and O–H groups in total. The zero-order valence-corrected chi connectivity index (χ0v) is 48.1. The number of allylic oxidation sites excluding steroid dienone is 6. The summed E-state index contributed by atoms with van der Waals surface area (Å²) in [5.41, 5.74) is 2.27. The molecule has 1 aromatic carbocycles. The summed E-state index contributed by atoms with van der Waals surface area (Å²) in [6.07, 6.45) is 12.3. The van der Waals surface area contributed by atoms with E-state index in [2.05, 4.69) is 4.57 Å². The van der Waals surface area contributed by atoms with Gasteiger partial charge in [-0.3, -0.25) is 24.2 Å². The largest absolute Gasteiger partial charge is 0.460 e. The van der Waals surface area contributed by atoms with Crippen molar-refractivity contribution in [3.05, 3.63) is 75.6 Å². The molecule has 2 saturated heterocycles. The number of halogens is 1. The molecule has 6 rings (SSSR count). The molecule has 17 heteroatoms. The van der Waals surface area contributed by atoms with Crippen molar-refractivity contribution in [3.63, 3.8) is 0 Å². The van der Waals surface area contributed by atoms with Crippen molar-refractivity contribution < 1.29 is 57.9 Å². The molecule has 4 heterocycles. The van der Waals surface area contributed by atoms with Gasteiger partial charge in [0.15, 0.2) is 10.6 Å². The Morgan fingerprint density at radius 2 is 1.66 bits per heavy atom. The molecule has 3 aliphatic heterocycles. The fraction of sp³-hybridized carbons (Fsp3) is 0.661. The molecule has 15 nitrogen and oxygen atoms in total. The molecule has 1 aromatic heterocycles. The molecular formula is C59H84ClN3O12S. The van der Waals surface area contributed by atoms with Gasteiger partial charge in [-0.1, -0.05) is 94.0 Å². The maximum atomic E-state index is 14.7. The van der Waals surface area contributed by atoms with Crippen LogP contribution in [0.15, 0.2) is 70.8 Å². The van der Waals surface area contributed by atoms with Gasteiger partial charge >= 0.3 is 5.97 Å². The Labute approximate surface area is 458 Å². The zero-order valence-electron chi connectivity index (χ0n) is 46.6. The number of amides is 1. The van der Waals surface area contributed by atoms with Gasteiger partial charge in [-0.2, -0.15) is 0 Å². The lowest BCUT2D eigenvalue weighted by Crippen LogP contribution is -2.61. The number of carbonyl (C=O) groups excluding carboxylic acids is 5. The smallest absolute Gasteiger partial charge is 0.329 e. The van der Waals surface area contributed by atoms with Crippen LogP contribution in [0.5, 0.6) is 0 Å². The van der Waals surface area contributed by atoms with Gasteiger partial charge in [0.1, 0.15) is 30.1 Å². The number of ether oxygens (including phenoxy) is 5. The van der Waals surface area contributed by atoms with Crippen LogP contribution in [0.4, 0.5) is 0 Å². The molecule has 420 valence electrons. The molecule has 1 aliphatic carbocycles. The van der Waals surface area contributed by atoms with Crippen LogP contribution in [0, 0.1) is 35.5 Å². The van der Waals surface area contributed by atoms with Crippen molar-refractivity contribution in [1.29, 1.82) is 0 Å². The summed E-state index contributed by atoms with van der Waals surface area (Å²) >= 11 is 7.93. The van der Waals surface area contributed by atoms with Crippen LogP contribution < -0.4 is 4.80 Å². The molecule has 1 amide bonds. The van der Waals surface area contributed by atoms with E-state index in [1.165, 1.54) is 12.0 Å². The highest BCUT2D eigenvalue weighted by Crippen LogP contribution is 2.38. The van der Waals surface area contributed by atoms with Crippen LogP contribution in [-0.4, -0.2) is 131 Å². The number of fused-ring (bicyclic) bond motifs is 4. The van der Waals surface area contributed by atoms with Crippen LogP contribution >= 0.6 is 22.9 Å². The number of esters is 1. The van der Waals surface area contributed by atoms with Gasteiger partial charge < -0.3 is 43.4 Å². The lowest BCUT2D eigenvalue weighted by atomic mass is 9.77. The Hall–Kier alpha value is -4.13. The summed E-state index contributed by atoms with van der Waals surface area (Å²) < 4.78 is 33.3. The second-order valence-corrected chi connectivity index (χ2v) is 23.7. The number of ketones is 3. The lowest BCUT2D eigenvalue weighted by molar-refractivity contribution is -0.265. The highest BCUT2D eigenvalue weighted by atomic mass is 35.5. The molecule has 2 bridgehead atoms. The minimum Gasteiger partial charge on any atom is -0.460 e. The number of piperidine rings is 1. The number of aliphatic hydroxyl groups is 2. The molecule has 0 unspecified atom stereocenters. The van der Waals surface area contributed by atoms with Gasteiger partial charge in [0.2, 0.25) is 5.79 Å². The fourth-order valence-electron chi connectivity index (χ4n) is 11.6. The average molecular weight is 1090 g/mol. The van der Waals surface area contributed by atoms with Gasteiger partial charge in [-0.25, -0.2) is 4.79 Å². The number of cyclic esters (lactones) is 1. The molecular weight excluding hydrogens is 1010 g/mol. The summed E-state index contributed by atoms with van der Waals surface area (Å²) in [7, 11) is 6.65. The number of aromatic nitrogens is 1. The number of nitrogens with zero attached hydrogens (tertiary/aromatic N) is 3.